The third-order valence-corrected chi connectivity index (χ3v) is 1.99. The fraction of sp³-hybridized carbons (Fsp3) is 0.100. The molecule has 1 heterocycles. The van der Waals surface area contributed by atoms with Crippen LogP contribution in [0.25, 0.3) is 10.8 Å². The highest BCUT2D eigenvalue weighted by Gasteiger charge is 1.96. The van der Waals surface area contributed by atoms with Crippen molar-refractivity contribution in [3.8, 4) is 0 Å². The lowest BCUT2D eigenvalue weighted by Crippen LogP contribution is -1.96. The maximum atomic E-state index is 5.60. The van der Waals surface area contributed by atoms with E-state index in [-0.39, 0.29) is 24.8 Å². The minimum absolute atomic E-state index is 0. The molecule has 0 fully saturated rings. The summed E-state index contributed by atoms with van der Waals surface area (Å²) in [5.74, 6) is 0. The number of nitrogens with two attached hydrogens (primary N) is 1. The maximum absolute atomic E-state index is 5.60. The number of aromatic nitrogens is 1. The first-order chi connectivity index (χ1) is 5.92. The van der Waals surface area contributed by atoms with Gasteiger partial charge in [-0.25, -0.2) is 0 Å². The van der Waals surface area contributed by atoms with E-state index in [0.717, 1.165) is 5.39 Å². The van der Waals surface area contributed by atoms with E-state index in [0.29, 0.717) is 6.54 Å². The van der Waals surface area contributed by atoms with Crippen molar-refractivity contribution in [1.29, 1.82) is 0 Å². The van der Waals surface area contributed by atoms with E-state index in [2.05, 4.69) is 4.98 Å². The number of benzene rings is 1. The third-order valence-electron chi connectivity index (χ3n) is 1.99. The van der Waals surface area contributed by atoms with Gasteiger partial charge in [-0.1, -0.05) is 18.2 Å². The van der Waals surface area contributed by atoms with E-state index in [4.69, 9.17) is 5.73 Å². The first kappa shape index (κ1) is 13.2. The maximum Gasteiger partial charge on any atom is 0.0346 e. The molecule has 1 aromatic carbocycles. The topological polar surface area (TPSA) is 38.9 Å². The zero-order valence-corrected chi connectivity index (χ0v) is 9.15. The normalized spacial score (nSPS) is 8.93. The number of rotatable bonds is 1. The molecule has 0 atom stereocenters. The van der Waals surface area contributed by atoms with Gasteiger partial charge in [0.2, 0.25) is 0 Å². The van der Waals surface area contributed by atoms with Crippen molar-refractivity contribution < 1.29 is 0 Å². The highest BCUT2D eigenvalue weighted by molar-refractivity contribution is 5.86. The molecule has 0 aliphatic rings. The number of hydrogen-bond acceptors (Lipinski definition) is 2. The first-order valence-electron chi connectivity index (χ1n) is 3.93. The van der Waals surface area contributed by atoms with Gasteiger partial charge in [-0.3, -0.25) is 4.98 Å². The van der Waals surface area contributed by atoms with Crippen LogP contribution in [-0.4, -0.2) is 4.98 Å². The second-order valence-corrected chi connectivity index (χ2v) is 2.72. The predicted octanol–water partition coefficient (Wildman–Crippen LogP) is 2.54. The van der Waals surface area contributed by atoms with E-state index < -0.39 is 0 Å². The van der Waals surface area contributed by atoms with Gasteiger partial charge in [0, 0.05) is 24.3 Å². The van der Waals surface area contributed by atoms with Crippen molar-refractivity contribution in [2.24, 2.45) is 5.73 Å². The molecular weight excluding hydrogens is 219 g/mol. The predicted molar refractivity (Wildman–Crippen MR) is 64.1 cm³/mol. The second-order valence-electron chi connectivity index (χ2n) is 2.72. The van der Waals surface area contributed by atoms with E-state index >= 15 is 0 Å². The van der Waals surface area contributed by atoms with Crippen LogP contribution >= 0.6 is 24.8 Å². The van der Waals surface area contributed by atoms with Gasteiger partial charge in [0.05, 0.1) is 0 Å². The van der Waals surface area contributed by atoms with Gasteiger partial charge in [0.15, 0.2) is 0 Å². The van der Waals surface area contributed by atoms with Gasteiger partial charge < -0.3 is 5.73 Å². The summed E-state index contributed by atoms with van der Waals surface area (Å²) >= 11 is 0. The lowest BCUT2D eigenvalue weighted by Gasteiger charge is -2.01. The Bertz CT molecular complexity index is 399. The smallest absolute Gasteiger partial charge is 0.0346 e. The molecule has 0 amide bonds. The average Bonchev–Trinajstić information content (AvgIpc) is 2.17. The van der Waals surface area contributed by atoms with Crippen LogP contribution in [0.15, 0.2) is 36.7 Å². The highest BCUT2D eigenvalue weighted by Crippen LogP contribution is 2.16. The molecule has 0 aliphatic heterocycles. The highest BCUT2D eigenvalue weighted by atomic mass is 35.5. The Kier molecular flexibility index (Phi) is 5.46. The van der Waals surface area contributed by atoms with E-state index in [1.54, 1.807) is 6.20 Å². The van der Waals surface area contributed by atoms with Crippen LogP contribution in [0.1, 0.15) is 5.56 Å². The molecule has 2 aromatic rings. The largest absolute Gasteiger partial charge is 0.326 e. The summed E-state index contributed by atoms with van der Waals surface area (Å²) in [5.41, 5.74) is 6.77. The Morgan fingerprint density at radius 3 is 2.64 bits per heavy atom. The molecule has 1 aromatic heterocycles. The monoisotopic (exact) mass is 230 g/mol. The third kappa shape index (κ3) is 2.35. The molecule has 2 nitrogen and oxygen atoms in total. The Morgan fingerprint density at radius 2 is 1.93 bits per heavy atom. The number of halogens is 2. The summed E-state index contributed by atoms with van der Waals surface area (Å²) < 4.78 is 0. The van der Waals surface area contributed by atoms with E-state index in [1.165, 1.54) is 10.9 Å². The second kappa shape index (κ2) is 5.81. The van der Waals surface area contributed by atoms with Gasteiger partial charge in [0.25, 0.3) is 0 Å². The zero-order valence-electron chi connectivity index (χ0n) is 7.51. The fourth-order valence-electron chi connectivity index (χ4n) is 1.37. The summed E-state index contributed by atoms with van der Waals surface area (Å²) in [6.45, 7) is 0.585. The zero-order chi connectivity index (χ0) is 8.39. The summed E-state index contributed by atoms with van der Waals surface area (Å²) in [6, 6.07) is 8.09. The molecular formula is C10H12Cl2N2. The molecule has 4 heteroatoms. The summed E-state index contributed by atoms with van der Waals surface area (Å²) in [6.07, 6.45) is 3.65. The Morgan fingerprint density at radius 1 is 1.14 bits per heavy atom. The van der Waals surface area contributed by atoms with Crippen molar-refractivity contribution >= 4 is 35.6 Å². The van der Waals surface area contributed by atoms with Crippen LogP contribution in [0.2, 0.25) is 0 Å². The Balaban J connectivity index is 0.000000845. The minimum Gasteiger partial charge on any atom is -0.326 e. The van der Waals surface area contributed by atoms with Crippen molar-refractivity contribution in [3.63, 3.8) is 0 Å². The summed E-state index contributed by atoms with van der Waals surface area (Å²) in [5, 5.41) is 2.36. The van der Waals surface area contributed by atoms with Crippen LogP contribution in [-0.2, 0) is 6.54 Å². The molecule has 2 N–H and O–H groups in total. The van der Waals surface area contributed by atoms with Crippen LogP contribution in [0.3, 0.4) is 0 Å². The molecule has 0 spiro atoms. The molecule has 0 saturated heterocycles. The molecule has 0 unspecified atom stereocenters. The average molecular weight is 231 g/mol. The van der Waals surface area contributed by atoms with Gasteiger partial charge in [-0.05, 0) is 17.0 Å². The number of fused-ring (bicyclic) bond motifs is 1. The molecule has 0 aliphatic carbocycles. The van der Waals surface area contributed by atoms with Gasteiger partial charge in [-0.2, -0.15) is 0 Å². The van der Waals surface area contributed by atoms with Crippen molar-refractivity contribution in [2.75, 3.05) is 0 Å². The lowest BCUT2D eigenvalue weighted by atomic mass is 10.1. The molecule has 0 saturated carbocycles. The number of pyridine rings is 1. The Labute approximate surface area is 95.3 Å². The molecule has 76 valence electrons. The summed E-state index contributed by atoms with van der Waals surface area (Å²) in [4.78, 5) is 4.05. The molecule has 0 radical (unpaired) electrons. The quantitative estimate of drug-likeness (QED) is 0.819. The fourth-order valence-corrected chi connectivity index (χ4v) is 1.37. The van der Waals surface area contributed by atoms with Crippen LogP contribution in [0, 0.1) is 0 Å². The number of nitrogens with zero attached hydrogens (tertiary/aromatic N) is 1. The first-order valence-corrected chi connectivity index (χ1v) is 3.93. The standard InChI is InChI=1S/C10H10N2.2ClH/c11-6-8-2-1-3-9-7-12-5-4-10(8)9;;/h1-5,7H,6,11H2;2*1H. The molecule has 14 heavy (non-hydrogen) atoms. The summed E-state index contributed by atoms with van der Waals surface area (Å²) in [7, 11) is 0. The van der Waals surface area contributed by atoms with Gasteiger partial charge in [-0.15, -0.1) is 24.8 Å². The minimum atomic E-state index is 0. The van der Waals surface area contributed by atoms with Crippen LogP contribution in [0.4, 0.5) is 0 Å². The number of hydrogen-bond donors (Lipinski definition) is 1. The van der Waals surface area contributed by atoms with Crippen LogP contribution < -0.4 is 5.73 Å². The van der Waals surface area contributed by atoms with E-state index in [1.807, 2.05) is 30.5 Å². The van der Waals surface area contributed by atoms with Crippen molar-refractivity contribution in [1.82, 2.24) is 4.98 Å². The van der Waals surface area contributed by atoms with E-state index in [9.17, 15) is 0 Å². The Hall–Kier alpha value is -0.830. The van der Waals surface area contributed by atoms with Crippen molar-refractivity contribution in [3.05, 3.63) is 42.2 Å². The van der Waals surface area contributed by atoms with Crippen molar-refractivity contribution in [2.45, 2.75) is 6.54 Å². The lowest BCUT2D eigenvalue weighted by molar-refractivity contribution is 1.09. The SMILES string of the molecule is Cl.Cl.NCc1cccc2cnccc12. The van der Waals surface area contributed by atoms with Crippen LogP contribution in [0.5, 0.6) is 0 Å². The van der Waals surface area contributed by atoms with Gasteiger partial charge >= 0.3 is 0 Å². The molecule has 2 rings (SSSR count). The molecule has 0 bridgehead atoms. The van der Waals surface area contributed by atoms with Gasteiger partial charge in [0.1, 0.15) is 0 Å².